The number of amides is 1. The number of para-hydroxylation sites is 1. The van der Waals surface area contributed by atoms with E-state index in [9.17, 15) is 27.9 Å². The molecule has 4 rings (SSSR count). The number of carboxylic acid groups (broad SMARTS) is 1. The predicted octanol–water partition coefficient (Wildman–Crippen LogP) is 5.63. The van der Waals surface area contributed by atoms with Crippen LogP contribution in [0.25, 0.3) is 0 Å². The molecule has 2 N–H and O–H groups in total. The molecule has 1 aliphatic heterocycles. The second-order valence-electron chi connectivity index (χ2n) is 7.50. The van der Waals surface area contributed by atoms with Crippen molar-refractivity contribution in [1.82, 2.24) is 0 Å². The van der Waals surface area contributed by atoms with Crippen LogP contribution >= 0.6 is 0 Å². The third-order valence-electron chi connectivity index (χ3n) is 5.29. The number of hydrogen-bond donors (Lipinski definition) is 2. The van der Waals surface area contributed by atoms with Crippen LogP contribution in [0.15, 0.2) is 96.2 Å². The fourth-order valence-corrected chi connectivity index (χ4v) is 3.91. The van der Waals surface area contributed by atoms with Crippen LogP contribution in [-0.2, 0) is 15.8 Å². The second kappa shape index (κ2) is 8.82. The Labute approximate surface area is 187 Å². The Hall–Kier alpha value is -4.07. The normalized spacial score (nSPS) is 16.3. The van der Waals surface area contributed by atoms with Crippen LogP contribution in [0.3, 0.4) is 0 Å². The van der Waals surface area contributed by atoms with Crippen LogP contribution in [0.5, 0.6) is 0 Å². The number of benzene rings is 3. The van der Waals surface area contributed by atoms with Crippen molar-refractivity contribution in [3.8, 4) is 0 Å². The molecule has 1 atom stereocenters. The van der Waals surface area contributed by atoms with Crippen molar-refractivity contribution in [2.75, 3.05) is 10.2 Å². The third-order valence-corrected chi connectivity index (χ3v) is 5.29. The Morgan fingerprint density at radius 3 is 2.18 bits per heavy atom. The van der Waals surface area contributed by atoms with Crippen molar-refractivity contribution in [1.29, 1.82) is 0 Å². The highest BCUT2D eigenvalue weighted by atomic mass is 19.4. The Morgan fingerprint density at radius 1 is 0.939 bits per heavy atom. The number of carbonyl (C=O) groups is 2. The van der Waals surface area contributed by atoms with Gasteiger partial charge in [-0.1, -0.05) is 54.6 Å². The lowest BCUT2D eigenvalue weighted by atomic mass is 9.96. The van der Waals surface area contributed by atoms with Gasteiger partial charge in [-0.15, -0.1) is 0 Å². The number of nitrogens with zero attached hydrogens (tertiary/aromatic N) is 1. The number of rotatable bonds is 6. The summed E-state index contributed by atoms with van der Waals surface area (Å²) in [5.74, 6) is -1.68. The first-order chi connectivity index (χ1) is 15.8. The van der Waals surface area contributed by atoms with Crippen molar-refractivity contribution in [2.45, 2.75) is 18.6 Å². The Morgan fingerprint density at radius 2 is 1.58 bits per heavy atom. The van der Waals surface area contributed by atoms with E-state index in [4.69, 9.17) is 0 Å². The van der Waals surface area contributed by atoms with E-state index in [1.165, 1.54) is 17.0 Å². The maximum atomic E-state index is 13.6. The van der Waals surface area contributed by atoms with Crippen LogP contribution in [0.1, 0.15) is 23.6 Å². The molecular weight excluding hydrogens is 433 g/mol. The SMILES string of the molecule is O=C(O)CC1=C(Nc2cccc(C(F)(F)F)c2)C(=O)N(c2ccccc2)C1c1ccccc1. The molecule has 0 aliphatic carbocycles. The molecule has 0 bridgehead atoms. The molecule has 1 aliphatic rings. The second-order valence-corrected chi connectivity index (χ2v) is 7.50. The topological polar surface area (TPSA) is 69.6 Å². The van der Waals surface area contributed by atoms with Crippen molar-refractivity contribution < 1.29 is 27.9 Å². The van der Waals surface area contributed by atoms with Gasteiger partial charge in [0.15, 0.2) is 0 Å². The van der Waals surface area contributed by atoms with E-state index in [2.05, 4.69) is 5.32 Å². The lowest BCUT2D eigenvalue weighted by Gasteiger charge is -2.27. The molecule has 0 aromatic heterocycles. The highest BCUT2D eigenvalue weighted by molar-refractivity contribution is 6.12. The molecule has 168 valence electrons. The van der Waals surface area contributed by atoms with Gasteiger partial charge in [-0.3, -0.25) is 14.5 Å². The number of halogens is 3. The number of alkyl halides is 3. The molecule has 3 aromatic carbocycles. The third kappa shape index (κ3) is 4.59. The fourth-order valence-electron chi connectivity index (χ4n) is 3.91. The molecule has 0 radical (unpaired) electrons. The monoisotopic (exact) mass is 452 g/mol. The van der Waals surface area contributed by atoms with E-state index in [0.29, 0.717) is 11.3 Å². The standard InChI is InChI=1S/C25H19F3N2O3/c26-25(27,28)17-10-7-11-18(14-17)29-22-20(15-21(31)32)23(16-8-3-1-4-9-16)30(24(22)33)19-12-5-2-6-13-19/h1-14,23,29H,15H2,(H,31,32). The molecule has 3 aromatic rings. The summed E-state index contributed by atoms with van der Waals surface area (Å²) < 4.78 is 39.5. The first kappa shape index (κ1) is 22.1. The Bertz CT molecular complexity index is 1210. The predicted molar refractivity (Wildman–Crippen MR) is 117 cm³/mol. The quantitative estimate of drug-likeness (QED) is 0.508. The number of carboxylic acids is 1. The number of anilines is 2. The van der Waals surface area contributed by atoms with Gasteiger partial charge >= 0.3 is 12.1 Å². The van der Waals surface area contributed by atoms with Crippen LogP contribution in [0.4, 0.5) is 24.5 Å². The summed E-state index contributed by atoms with van der Waals surface area (Å²) in [4.78, 5) is 26.7. The molecule has 5 nitrogen and oxygen atoms in total. The lowest BCUT2D eigenvalue weighted by molar-refractivity contribution is -0.138. The number of nitrogens with one attached hydrogen (secondary N) is 1. The van der Waals surface area contributed by atoms with E-state index in [-0.39, 0.29) is 17.0 Å². The van der Waals surface area contributed by atoms with Gasteiger partial charge in [-0.25, -0.2) is 0 Å². The Kier molecular flexibility index (Phi) is 5.91. The van der Waals surface area contributed by atoms with Crippen molar-refractivity contribution in [2.24, 2.45) is 0 Å². The summed E-state index contributed by atoms with van der Waals surface area (Å²) in [5, 5.41) is 12.4. The maximum Gasteiger partial charge on any atom is 0.416 e. The number of hydrogen-bond acceptors (Lipinski definition) is 3. The average molecular weight is 452 g/mol. The van der Waals surface area contributed by atoms with Gasteiger partial charge in [-0.2, -0.15) is 13.2 Å². The van der Waals surface area contributed by atoms with Crippen LogP contribution < -0.4 is 10.2 Å². The molecule has 0 fully saturated rings. The molecule has 33 heavy (non-hydrogen) atoms. The van der Waals surface area contributed by atoms with Gasteiger partial charge in [0.2, 0.25) is 0 Å². The lowest BCUT2D eigenvalue weighted by Crippen LogP contribution is -2.31. The highest BCUT2D eigenvalue weighted by Gasteiger charge is 2.42. The number of aliphatic carboxylic acids is 1. The Balaban J connectivity index is 1.85. The molecule has 0 saturated heterocycles. The van der Waals surface area contributed by atoms with Gasteiger partial charge in [0.1, 0.15) is 5.70 Å². The summed E-state index contributed by atoms with van der Waals surface area (Å²) in [6.07, 6.45) is -5.02. The van der Waals surface area contributed by atoms with Crippen LogP contribution in [0.2, 0.25) is 0 Å². The first-order valence-electron chi connectivity index (χ1n) is 10.1. The van der Waals surface area contributed by atoms with E-state index >= 15 is 0 Å². The summed E-state index contributed by atoms with van der Waals surface area (Å²) in [6, 6.07) is 21.4. The van der Waals surface area contributed by atoms with Crippen molar-refractivity contribution >= 4 is 23.3 Å². The molecule has 8 heteroatoms. The first-order valence-corrected chi connectivity index (χ1v) is 10.1. The van der Waals surface area contributed by atoms with Gasteiger partial charge in [0.25, 0.3) is 5.91 Å². The fraction of sp³-hybridized carbons (Fsp3) is 0.120. The molecule has 1 amide bonds. The van der Waals surface area contributed by atoms with Gasteiger partial charge in [0.05, 0.1) is 18.0 Å². The summed E-state index contributed by atoms with van der Waals surface area (Å²) >= 11 is 0. The van der Waals surface area contributed by atoms with Crippen LogP contribution in [-0.4, -0.2) is 17.0 Å². The maximum absolute atomic E-state index is 13.6. The zero-order valence-electron chi connectivity index (χ0n) is 17.2. The molecule has 0 saturated carbocycles. The highest BCUT2D eigenvalue weighted by Crippen LogP contribution is 2.43. The van der Waals surface area contributed by atoms with E-state index in [1.54, 1.807) is 60.7 Å². The van der Waals surface area contributed by atoms with Gasteiger partial charge in [-0.05, 0) is 41.5 Å². The molecule has 1 unspecified atom stereocenters. The zero-order valence-corrected chi connectivity index (χ0v) is 17.2. The minimum Gasteiger partial charge on any atom is -0.481 e. The minimum atomic E-state index is -4.56. The molecule has 0 spiro atoms. The van der Waals surface area contributed by atoms with Gasteiger partial charge < -0.3 is 10.4 Å². The summed E-state index contributed by atoms with van der Waals surface area (Å²) in [7, 11) is 0. The van der Waals surface area contributed by atoms with E-state index in [1.807, 2.05) is 0 Å². The van der Waals surface area contributed by atoms with Crippen molar-refractivity contribution in [3.63, 3.8) is 0 Å². The molecule has 1 heterocycles. The zero-order chi connectivity index (χ0) is 23.6. The summed E-state index contributed by atoms with van der Waals surface area (Å²) in [6.45, 7) is 0. The van der Waals surface area contributed by atoms with Gasteiger partial charge in [0, 0.05) is 11.4 Å². The summed E-state index contributed by atoms with van der Waals surface area (Å²) in [5.41, 5.74) is 0.608. The molecular formula is C25H19F3N2O3. The smallest absolute Gasteiger partial charge is 0.416 e. The number of carbonyl (C=O) groups excluding carboxylic acids is 1. The largest absolute Gasteiger partial charge is 0.481 e. The average Bonchev–Trinajstić information content (AvgIpc) is 3.05. The van der Waals surface area contributed by atoms with E-state index < -0.39 is 36.1 Å². The van der Waals surface area contributed by atoms with Crippen molar-refractivity contribution in [3.05, 3.63) is 107 Å². The minimum absolute atomic E-state index is 0.0396. The van der Waals surface area contributed by atoms with E-state index in [0.717, 1.165) is 12.1 Å². The van der Waals surface area contributed by atoms with Crippen LogP contribution in [0, 0.1) is 0 Å².